The van der Waals surface area contributed by atoms with Crippen molar-refractivity contribution in [3.8, 4) is 0 Å². The van der Waals surface area contributed by atoms with E-state index in [1.807, 2.05) is 0 Å². The Morgan fingerprint density at radius 3 is 2.76 bits per heavy atom. The van der Waals surface area contributed by atoms with Gasteiger partial charge in [0.1, 0.15) is 0 Å². The highest BCUT2D eigenvalue weighted by Gasteiger charge is 2.16. The van der Waals surface area contributed by atoms with Gasteiger partial charge < -0.3 is 9.32 Å². The molecule has 3 aromatic rings. The van der Waals surface area contributed by atoms with Crippen molar-refractivity contribution in [3.63, 3.8) is 0 Å². The number of fused-ring (bicyclic) bond motifs is 1. The van der Waals surface area contributed by atoms with Crippen molar-refractivity contribution in [2.24, 2.45) is 0 Å². The smallest absolute Gasteiger partial charge is 0.407 e. The third-order valence-corrected chi connectivity index (χ3v) is 5.36. The zero-order valence-electron chi connectivity index (χ0n) is 15.4. The molecule has 0 radical (unpaired) electrons. The van der Waals surface area contributed by atoms with Crippen LogP contribution in [0.15, 0.2) is 45.6 Å². The Balaban J connectivity index is 1.63. The first-order valence-corrected chi connectivity index (χ1v) is 9.48. The lowest BCUT2D eigenvalue weighted by molar-refractivity contribution is -0.384. The maximum absolute atomic E-state index is 12.4. The van der Waals surface area contributed by atoms with Gasteiger partial charge in [-0.15, -0.1) is 0 Å². The number of carbonyl (C=O) groups excluding carboxylic acids is 1. The summed E-state index contributed by atoms with van der Waals surface area (Å²) in [6.45, 7) is 0.567. The lowest BCUT2D eigenvalue weighted by atomic mass is 10.2. The number of non-ortho nitro benzene ring substituents is 1. The number of hydrogen-bond donors (Lipinski definition) is 0. The molecule has 1 aromatic heterocycles. The number of halogens is 2. The van der Waals surface area contributed by atoms with Crippen LogP contribution in [0.3, 0.4) is 0 Å². The van der Waals surface area contributed by atoms with Gasteiger partial charge in [0.15, 0.2) is 5.58 Å². The third-order valence-electron chi connectivity index (χ3n) is 4.50. The van der Waals surface area contributed by atoms with E-state index < -0.39 is 10.7 Å². The van der Waals surface area contributed by atoms with Gasteiger partial charge in [0, 0.05) is 32.6 Å². The van der Waals surface area contributed by atoms with Crippen LogP contribution in [-0.2, 0) is 17.9 Å². The molecule has 0 saturated carbocycles. The first-order valence-electron chi connectivity index (χ1n) is 8.72. The molecule has 0 fully saturated rings. The Morgan fingerprint density at radius 2 is 2.03 bits per heavy atom. The highest BCUT2D eigenvalue weighted by atomic mass is 35.5. The first-order chi connectivity index (χ1) is 13.8. The first kappa shape index (κ1) is 20.9. The molecular formula is C19H17Cl2N3O5. The van der Waals surface area contributed by atoms with Gasteiger partial charge >= 0.3 is 5.76 Å². The van der Waals surface area contributed by atoms with Crippen LogP contribution in [0.2, 0.25) is 10.0 Å². The monoisotopic (exact) mass is 437 g/mol. The number of benzene rings is 2. The Bertz CT molecular complexity index is 1140. The molecule has 0 aliphatic rings. The predicted octanol–water partition coefficient (Wildman–Crippen LogP) is 4.25. The maximum Gasteiger partial charge on any atom is 0.419 e. The molecule has 29 heavy (non-hydrogen) atoms. The highest BCUT2D eigenvalue weighted by Crippen LogP contribution is 2.26. The van der Waals surface area contributed by atoms with Crippen molar-refractivity contribution in [2.75, 3.05) is 7.05 Å². The van der Waals surface area contributed by atoms with Crippen LogP contribution < -0.4 is 5.76 Å². The van der Waals surface area contributed by atoms with Crippen molar-refractivity contribution in [1.82, 2.24) is 9.47 Å². The van der Waals surface area contributed by atoms with E-state index in [1.165, 1.54) is 27.7 Å². The fourth-order valence-electron chi connectivity index (χ4n) is 2.97. The standard InChI is InChI=1S/C19H17Cl2N3O5/c1-22(11-12-4-2-5-14(20)18(12)21)17(25)6-3-9-23-15-8-7-13(24(27)28)10-16(15)29-19(23)26/h2,4-5,7-8,10H,3,6,9,11H2,1H3. The second-order valence-corrected chi connectivity index (χ2v) is 7.28. The third kappa shape index (κ3) is 4.60. The number of amides is 1. The van der Waals surface area contributed by atoms with E-state index in [9.17, 15) is 19.7 Å². The largest absolute Gasteiger partial charge is 0.419 e. The molecule has 0 N–H and O–H groups in total. The molecule has 0 saturated heterocycles. The Kier molecular flexibility index (Phi) is 6.24. The van der Waals surface area contributed by atoms with Gasteiger partial charge in [0.25, 0.3) is 5.69 Å². The summed E-state index contributed by atoms with van der Waals surface area (Å²) in [4.78, 5) is 36.3. The number of nitro benzene ring substituents is 1. The molecule has 1 amide bonds. The zero-order valence-corrected chi connectivity index (χ0v) is 16.9. The van der Waals surface area contributed by atoms with Crippen LogP contribution in [0, 0.1) is 10.1 Å². The summed E-state index contributed by atoms with van der Waals surface area (Å²) in [7, 11) is 1.66. The molecule has 0 atom stereocenters. The second kappa shape index (κ2) is 8.67. The Hall–Kier alpha value is -2.84. The number of nitro groups is 1. The van der Waals surface area contributed by atoms with E-state index in [4.69, 9.17) is 27.6 Å². The molecule has 10 heteroatoms. The molecule has 0 aliphatic carbocycles. The van der Waals surface area contributed by atoms with E-state index >= 15 is 0 Å². The minimum Gasteiger partial charge on any atom is -0.407 e. The molecule has 152 valence electrons. The average Bonchev–Trinajstić information content (AvgIpc) is 2.99. The Morgan fingerprint density at radius 1 is 1.28 bits per heavy atom. The van der Waals surface area contributed by atoms with Crippen molar-refractivity contribution in [2.45, 2.75) is 25.9 Å². The Labute approximate surface area is 175 Å². The van der Waals surface area contributed by atoms with Gasteiger partial charge in [0.2, 0.25) is 5.91 Å². The summed E-state index contributed by atoms with van der Waals surface area (Å²) in [5.41, 5.74) is 1.18. The number of aryl methyl sites for hydroxylation is 1. The number of nitrogens with zero attached hydrogens (tertiary/aromatic N) is 3. The van der Waals surface area contributed by atoms with Crippen LogP contribution in [-0.4, -0.2) is 27.3 Å². The van der Waals surface area contributed by atoms with Gasteiger partial charge in [-0.3, -0.25) is 19.5 Å². The molecule has 0 bridgehead atoms. The molecule has 0 aliphatic heterocycles. The van der Waals surface area contributed by atoms with Crippen molar-refractivity contribution in [3.05, 3.63) is 72.7 Å². The lowest BCUT2D eigenvalue weighted by Crippen LogP contribution is -2.26. The van der Waals surface area contributed by atoms with E-state index in [1.54, 1.807) is 25.2 Å². The van der Waals surface area contributed by atoms with Gasteiger partial charge in [0.05, 0.1) is 26.6 Å². The summed E-state index contributed by atoms with van der Waals surface area (Å²) in [6, 6.07) is 9.23. The molecule has 2 aromatic carbocycles. The predicted molar refractivity (Wildman–Crippen MR) is 109 cm³/mol. The van der Waals surface area contributed by atoms with Crippen LogP contribution in [0.5, 0.6) is 0 Å². The topological polar surface area (TPSA) is 98.6 Å². The summed E-state index contributed by atoms with van der Waals surface area (Å²) in [5, 5.41) is 11.7. The van der Waals surface area contributed by atoms with Crippen LogP contribution >= 0.6 is 23.2 Å². The zero-order chi connectivity index (χ0) is 21.1. The van der Waals surface area contributed by atoms with Gasteiger partial charge in [-0.2, -0.15) is 0 Å². The minimum absolute atomic E-state index is 0.113. The van der Waals surface area contributed by atoms with Crippen molar-refractivity contribution in [1.29, 1.82) is 0 Å². The highest BCUT2D eigenvalue weighted by molar-refractivity contribution is 6.42. The van der Waals surface area contributed by atoms with E-state index in [2.05, 4.69) is 0 Å². The fourth-order valence-corrected chi connectivity index (χ4v) is 3.35. The SMILES string of the molecule is CN(Cc1cccc(Cl)c1Cl)C(=O)CCCn1c(=O)oc2cc([N+](=O)[O-])ccc21. The molecule has 0 unspecified atom stereocenters. The van der Waals surface area contributed by atoms with Crippen LogP contribution in [0.25, 0.3) is 11.1 Å². The number of aromatic nitrogens is 1. The van der Waals surface area contributed by atoms with Gasteiger partial charge in [-0.05, 0) is 24.1 Å². The quantitative estimate of drug-likeness (QED) is 0.406. The van der Waals surface area contributed by atoms with Gasteiger partial charge in [-0.25, -0.2) is 4.79 Å². The second-order valence-electron chi connectivity index (χ2n) is 6.50. The average molecular weight is 438 g/mol. The number of hydrogen-bond acceptors (Lipinski definition) is 5. The molecule has 0 spiro atoms. The molecule has 8 nitrogen and oxygen atoms in total. The summed E-state index contributed by atoms with van der Waals surface area (Å²) in [5.74, 6) is -0.732. The van der Waals surface area contributed by atoms with Crippen LogP contribution in [0.4, 0.5) is 5.69 Å². The molecular weight excluding hydrogens is 421 g/mol. The normalized spacial score (nSPS) is 11.0. The van der Waals surface area contributed by atoms with E-state index in [0.29, 0.717) is 28.5 Å². The summed E-state index contributed by atoms with van der Waals surface area (Å²) in [6.07, 6.45) is 0.610. The molecule has 1 heterocycles. The van der Waals surface area contributed by atoms with Crippen molar-refractivity contribution < 1.29 is 14.1 Å². The maximum atomic E-state index is 12.4. The fraction of sp³-hybridized carbons (Fsp3) is 0.263. The lowest BCUT2D eigenvalue weighted by Gasteiger charge is -2.18. The molecule has 3 rings (SSSR count). The summed E-state index contributed by atoms with van der Waals surface area (Å²) >= 11 is 12.2. The van der Waals surface area contributed by atoms with Crippen LogP contribution in [0.1, 0.15) is 18.4 Å². The van der Waals surface area contributed by atoms with E-state index in [0.717, 1.165) is 5.56 Å². The number of rotatable bonds is 7. The number of oxazole rings is 1. The van der Waals surface area contributed by atoms with Crippen molar-refractivity contribution >= 4 is 45.9 Å². The minimum atomic E-state index is -0.619. The summed E-state index contributed by atoms with van der Waals surface area (Å²) < 4.78 is 6.44. The van der Waals surface area contributed by atoms with E-state index in [-0.39, 0.29) is 30.1 Å². The number of carbonyl (C=O) groups is 1. The van der Waals surface area contributed by atoms with Gasteiger partial charge in [-0.1, -0.05) is 35.3 Å².